The monoisotopic (exact) mass is 167 g/mol. The molecule has 1 aliphatic heterocycles. The number of amides is 1. The van der Waals surface area contributed by atoms with E-state index in [-0.39, 0.29) is 5.91 Å². The van der Waals surface area contributed by atoms with Crippen LogP contribution in [-0.2, 0) is 4.79 Å². The molecule has 2 atom stereocenters. The number of carbonyl (C=O) groups is 1. The highest BCUT2D eigenvalue weighted by molar-refractivity contribution is 5.87. The molecule has 1 fully saturated rings. The summed E-state index contributed by atoms with van der Waals surface area (Å²) >= 11 is 0. The Bertz CT molecular complexity index is 188. The Labute approximate surface area is 74.2 Å². The lowest BCUT2D eigenvalue weighted by Gasteiger charge is -2.12. The van der Waals surface area contributed by atoms with Crippen LogP contribution in [0.1, 0.15) is 20.8 Å². The van der Waals surface area contributed by atoms with Crippen molar-refractivity contribution >= 4 is 5.91 Å². The van der Waals surface area contributed by atoms with Gasteiger partial charge in [-0.3, -0.25) is 4.79 Å². The first-order valence-corrected chi connectivity index (χ1v) is 4.56. The van der Waals surface area contributed by atoms with Crippen LogP contribution >= 0.6 is 0 Å². The number of carbonyl (C=O) groups excluding carboxylic acids is 1. The molecule has 0 aliphatic carbocycles. The molecule has 0 spiro atoms. The fraction of sp³-hybridized carbons (Fsp3) is 0.700. The molecule has 1 heterocycles. The minimum Gasteiger partial charge on any atom is -0.339 e. The second kappa shape index (κ2) is 3.74. The molecular weight excluding hydrogens is 150 g/mol. The third-order valence-corrected chi connectivity index (χ3v) is 2.61. The summed E-state index contributed by atoms with van der Waals surface area (Å²) in [5.74, 6) is 1.46. The van der Waals surface area contributed by atoms with Crippen LogP contribution in [0, 0.1) is 11.8 Å². The normalized spacial score (nSPS) is 30.1. The van der Waals surface area contributed by atoms with Gasteiger partial charge in [0.15, 0.2) is 0 Å². The zero-order chi connectivity index (χ0) is 9.14. The van der Waals surface area contributed by atoms with E-state index in [0.29, 0.717) is 11.8 Å². The van der Waals surface area contributed by atoms with Crippen molar-refractivity contribution in [1.82, 2.24) is 4.90 Å². The summed E-state index contributed by atoms with van der Waals surface area (Å²) < 4.78 is 0. The van der Waals surface area contributed by atoms with Gasteiger partial charge >= 0.3 is 0 Å². The van der Waals surface area contributed by atoms with E-state index in [1.165, 1.54) is 0 Å². The predicted octanol–water partition coefficient (Wildman–Crippen LogP) is 1.68. The Hall–Kier alpha value is -0.790. The fourth-order valence-electron chi connectivity index (χ4n) is 1.56. The average molecular weight is 167 g/mol. The van der Waals surface area contributed by atoms with Crippen molar-refractivity contribution < 1.29 is 4.79 Å². The molecule has 2 heteroatoms. The summed E-state index contributed by atoms with van der Waals surface area (Å²) in [7, 11) is 0. The molecule has 1 unspecified atom stereocenters. The highest BCUT2D eigenvalue weighted by Crippen LogP contribution is 2.21. The molecule has 2 nitrogen and oxygen atoms in total. The number of hydrogen-bond acceptors (Lipinski definition) is 1. The SMILES string of the molecule is C/C=C/C(=O)N1CC(C)[C@H](C)C1. The third-order valence-electron chi connectivity index (χ3n) is 2.61. The number of likely N-dealkylation sites (tertiary alicyclic amines) is 1. The Balaban J connectivity index is 2.51. The number of nitrogens with zero attached hydrogens (tertiary/aromatic N) is 1. The highest BCUT2D eigenvalue weighted by atomic mass is 16.2. The molecule has 12 heavy (non-hydrogen) atoms. The van der Waals surface area contributed by atoms with E-state index in [1.807, 2.05) is 11.8 Å². The van der Waals surface area contributed by atoms with E-state index >= 15 is 0 Å². The second-order valence-corrected chi connectivity index (χ2v) is 3.70. The molecule has 0 aromatic rings. The molecule has 1 amide bonds. The van der Waals surface area contributed by atoms with Crippen LogP contribution in [-0.4, -0.2) is 23.9 Å². The maximum absolute atomic E-state index is 11.4. The van der Waals surface area contributed by atoms with Gasteiger partial charge in [0, 0.05) is 13.1 Å². The predicted molar refractivity (Wildman–Crippen MR) is 49.7 cm³/mol. The van der Waals surface area contributed by atoms with Crippen LogP contribution in [0.15, 0.2) is 12.2 Å². The molecule has 1 rings (SSSR count). The van der Waals surface area contributed by atoms with Gasteiger partial charge in [-0.2, -0.15) is 0 Å². The Morgan fingerprint density at radius 1 is 1.33 bits per heavy atom. The molecule has 0 aromatic carbocycles. The Morgan fingerprint density at radius 2 is 1.83 bits per heavy atom. The number of allylic oxidation sites excluding steroid dienone is 1. The lowest BCUT2D eigenvalue weighted by Crippen LogP contribution is -2.26. The van der Waals surface area contributed by atoms with Gasteiger partial charge in [0.1, 0.15) is 0 Å². The Kier molecular flexibility index (Phi) is 2.90. The standard InChI is InChI=1S/C10H17NO/c1-4-5-10(12)11-6-8(2)9(3)7-11/h4-5,8-9H,6-7H2,1-3H3/b5-4+/t8-,9?/m1/s1. The van der Waals surface area contributed by atoms with Crippen molar-refractivity contribution in [3.05, 3.63) is 12.2 Å². The maximum atomic E-state index is 11.4. The van der Waals surface area contributed by atoms with Gasteiger partial charge in [-0.15, -0.1) is 0 Å². The van der Waals surface area contributed by atoms with Gasteiger partial charge in [-0.05, 0) is 24.8 Å². The van der Waals surface area contributed by atoms with Crippen molar-refractivity contribution in [3.63, 3.8) is 0 Å². The van der Waals surface area contributed by atoms with Gasteiger partial charge < -0.3 is 4.90 Å². The Morgan fingerprint density at radius 3 is 2.25 bits per heavy atom. The van der Waals surface area contributed by atoms with E-state index in [1.54, 1.807) is 12.2 Å². The summed E-state index contributed by atoms with van der Waals surface area (Å²) in [5, 5.41) is 0. The smallest absolute Gasteiger partial charge is 0.246 e. The topological polar surface area (TPSA) is 20.3 Å². The third kappa shape index (κ3) is 1.87. The van der Waals surface area contributed by atoms with E-state index in [4.69, 9.17) is 0 Å². The van der Waals surface area contributed by atoms with Crippen molar-refractivity contribution in [2.24, 2.45) is 11.8 Å². The van der Waals surface area contributed by atoms with Gasteiger partial charge in [-0.1, -0.05) is 19.9 Å². The molecule has 0 saturated carbocycles. The van der Waals surface area contributed by atoms with Crippen LogP contribution in [0.5, 0.6) is 0 Å². The first-order valence-electron chi connectivity index (χ1n) is 4.56. The van der Waals surface area contributed by atoms with Crippen LogP contribution in [0.4, 0.5) is 0 Å². The number of rotatable bonds is 1. The average Bonchev–Trinajstić information content (AvgIpc) is 2.33. The molecule has 0 radical (unpaired) electrons. The fourth-order valence-corrected chi connectivity index (χ4v) is 1.56. The first kappa shape index (κ1) is 9.30. The number of hydrogen-bond donors (Lipinski definition) is 0. The lowest BCUT2D eigenvalue weighted by molar-refractivity contribution is -0.125. The van der Waals surface area contributed by atoms with Gasteiger partial charge in [-0.25, -0.2) is 0 Å². The van der Waals surface area contributed by atoms with Crippen molar-refractivity contribution in [2.45, 2.75) is 20.8 Å². The zero-order valence-electron chi connectivity index (χ0n) is 8.08. The van der Waals surface area contributed by atoms with E-state index in [2.05, 4.69) is 13.8 Å². The van der Waals surface area contributed by atoms with Gasteiger partial charge in [0.2, 0.25) is 5.91 Å². The molecule has 0 bridgehead atoms. The maximum Gasteiger partial charge on any atom is 0.246 e. The largest absolute Gasteiger partial charge is 0.339 e. The zero-order valence-corrected chi connectivity index (χ0v) is 8.08. The minimum absolute atomic E-state index is 0.161. The molecule has 1 aliphatic rings. The summed E-state index contributed by atoms with van der Waals surface area (Å²) in [4.78, 5) is 13.3. The molecule has 0 aromatic heterocycles. The van der Waals surface area contributed by atoms with Gasteiger partial charge in [0.25, 0.3) is 0 Å². The van der Waals surface area contributed by atoms with E-state index < -0.39 is 0 Å². The van der Waals surface area contributed by atoms with Crippen LogP contribution < -0.4 is 0 Å². The minimum atomic E-state index is 0.161. The summed E-state index contributed by atoms with van der Waals surface area (Å²) in [5.41, 5.74) is 0. The van der Waals surface area contributed by atoms with Crippen LogP contribution in [0.2, 0.25) is 0 Å². The molecule has 68 valence electrons. The van der Waals surface area contributed by atoms with E-state index in [9.17, 15) is 4.79 Å². The van der Waals surface area contributed by atoms with Crippen molar-refractivity contribution in [1.29, 1.82) is 0 Å². The molecular formula is C10H17NO. The quantitative estimate of drug-likeness (QED) is 0.544. The van der Waals surface area contributed by atoms with Crippen molar-refractivity contribution in [2.75, 3.05) is 13.1 Å². The summed E-state index contributed by atoms with van der Waals surface area (Å²) in [6.07, 6.45) is 3.45. The van der Waals surface area contributed by atoms with Crippen LogP contribution in [0.25, 0.3) is 0 Å². The second-order valence-electron chi connectivity index (χ2n) is 3.70. The molecule has 1 saturated heterocycles. The first-order chi connectivity index (χ1) is 5.65. The lowest BCUT2D eigenvalue weighted by atomic mass is 10.0. The molecule has 0 N–H and O–H groups in total. The summed E-state index contributed by atoms with van der Waals surface area (Å²) in [6.45, 7) is 8.12. The highest BCUT2D eigenvalue weighted by Gasteiger charge is 2.27. The van der Waals surface area contributed by atoms with E-state index in [0.717, 1.165) is 13.1 Å². The van der Waals surface area contributed by atoms with Crippen LogP contribution in [0.3, 0.4) is 0 Å². The van der Waals surface area contributed by atoms with Gasteiger partial charge in [0.05, 0.1) is 0 Å². The van der Waals surface area contributed by atoms with Crippen molar-refractivity contribution in [3.8, 4) is 0 Å². The summed E-state index contributed by atoms with van der Waals surface area (Å²) in [6, 6.07) is 0.